The number of nitrogens with zero attached hydrogens (tertiary/aromatic N) is 2. The smallest absolute Gasteiger partial charge is 0.243 e. The van der Waals surface area contributed by atoms with Crippen molar-refractivity contribution in [1.29, 1.82) is 0 Å². The maximum atomic E-state index is 13.6. The molecule has 0 spiro atoms. The van der Waals surface area contributed by atoms with Gasteiger partial charge < -0.3 is 14.4 Å². The van der Waals surface area contributed by atoms with Crippen molar-refractivity contribution >= 4 is 27.3 Å². The number of rotatable bonds is 10. The Morgan fingerprint density at radius 3 is 2.67 bits per heavy atom. The lowest BCUT2D eigenvalue weighted by Gasteiger charge is -2.36. The minimum Gasteiger partial charge on any atom is -0.497 e. The summed E-state index contributed by atoms with van der Waals surface area (Å²) >= 11 is 1.66. The number of sulfonamides is 1. The summed E-state index contributed by atoms with van der Waals surface area (Å²) in [4.78, 5) is 16.7. The van der Waals surface area contributed by atoms with Crippen molar-refractivity contribution in [3.8, 4) is 11.5 Å². The van der Waals surface area contributed by atoms with Gasteiger partial charge >= 0.3 is 0 Å². The van der Waals surface area contributed by atoms with Crippen molar-refractivity contribution in [2.75, 3.05) is 33.4 Å². The average molecular weight is 527 g/mol. The topological polar surface area (TPSA) is 76.2 Å². The molecule has 1 aromatic heterocycles. The molecule has 1 atom stereocenters. The Hall–Kier alpha value is -3.14. The minimum absolute atomic E-state index is 0.0322. The number of thiophene rings is 1. The third kappa shape index (κ3) is 5.64. The maximum absolute atomic E-state index is 13.6. The predicted octanol–water partition coefficient (Wildman–Crippen LogP) is 4.45. The van der Waals surface area contributed by atoms with E-state index >= 15 is 0 Å². The number of hydrogen-bond acceptors (Lipinski definition) is 6. The van der Waals surface area contributed by atoms with E-state index in [0.29, 0.717) is 18.0 Å². The summed E-state index contributed by atoms with van der Waals surface area (Å²) in [6, 6.07) is 15.6. The van der Waals surface area contributed by atoms with Gasteiger partial charge in [0.05, 0.1) is 24.6 Å². The zero-order chi connectivity index (χ0) is 25.7. The molecule has 1 aliphatic rings. The van der Waals surface area contributed by atoms with Gasteiger partial charge in [0.25, 0.3) is 0 Å². The van der Waals surface area contributed by atoms with Crippen LogP contribution < -0.4 is 9.47 Å². The Bertz CT molecular complexity index is 1320. The van der Waals surface area contributed by atoms with Crippen LogP contribution in [-0.4, -0.2) is 56.9 Å². The Kier molecular flexibility index (Phi) is 8.13. The van der Waals surface area contributed by atoms with E-state index < -0.39 is 10.0 Å². The second kappa shape index (κ2) is 11.3. The molecule has 4 rings (SSSR count). The molecule has 0 saturated heterocycles. The Morgan fingerprint density at radius 2 is 1.94 bits per heavy atom. The van der Waals surface area contributed by atoms with E-state index in [4.69, 9.17) is 9.47 Å². The van der Waals surface area contributed by atoms with Crippen LogP contribution in [0.25, 0.3) is 0 Å². The Balaban J connectivity index is 1.56. The first-order valence-corrected chi connectivity index (χ1v) is 14.0. The molecule has 1 aliphatic heterocycles. The van der Waals surface area contributed by atoms with Crippen LogP contribution in [0.1, 0.15) is 22.0 Å². The van der Waals surface area contributed by atoms with E-state index in [1.165, 1.54) is 15.3 Å². The lowest BCUT2D eigenvalue weighted by molar-refractivity contribution is -0.135. The molecule has 2 aromatic carbocycles. The van der Waals surface area contributed by atoms with Crippen LogP contribution >= 0.6 is 11.3 Å². The molecule has 190 valence electrons. The number of methoxy groups -OCH3 is 1. The average Bonchev–Trinajstić information content (AvgIpc) is 3.36. The van der Waals surface area contributed by atoms with Gasteiger partial charge in [-0.3, -0.25) is 4.79 Å². The van der Waals surface area contributed by atoms with Gasteiger partial charge in [-0.2, -0.15) is 4.31 Å². The normalized spacial score (nSPS) is 15.4. The highest BCUT2D eigenvalue weighted by Crippen LogP contribution is 2.34. The highest BCUT2D eigenvalue weighted by Gasteiger charge is 2.35. The van der Waals surface area contributed by atoms with E-state index in [0.717, 1.165) is 17.5 Å². The first kappa shape index (κ1) is 25.9. The number of benzene rings is 2. The van der Waals surface area contributed by atoms with Gasteiger partial charge in [0.15, 0.2) is 0 Å². The van der Waals surface area contributed by atoms with Crippen molar-refractivity contribution in [2.24, 2.45) is 0 Å². The molecule has 36 heavy (non-hydrogen) atoms. The van der Waals surface area contributed by atoms with Crippen LogP contribution in [0.15, 0.2) is 77.5 Å². The second-order valence-electron chi connectivity index (χ2n) is 8.54. The summed E-state index contributed by atoms with van der Waals surface area (Å²) in [7, 11) is -2.28. The van der Waals surface area contributed by atoms with Crippen molar-refractivity contribution < 1.29 is 22.7 Å². The largest absolute Gasteiger partial charge is 0.497 e. The standard InChI is InChI=1S/C27H30N2O5S2/c1-4-14-28(36(31,32)23-10-8-20(2)9-11-23)18-27(30)29-15-12-26-24(13-16-35-26)25(29)19-34-22-7-5-6-21(17-22)33-3/h4-11,13,16-17,25H,1,12,14-15,18-19H2,2-3H3/t25-/m0/s1. The molecular formula is C27H30N2O5S2. The number of amides is 1. The Labute approximate surface area is 216 Å². The fraction of sp³-hybridized carbons (Fsp3) is 0.296. The van der Waals surface area contributed by atoms with E-state index in [2.05, 4.69) is 6.58 Å². The summed E-state index contributed by atoms with van der Waals surface area (Å²) in [6.45, 7) is 6.08. The maximum Gasteiger partial charge on any atom is 0.243 e. The van der Waals surface area contributed by atoms with Crippen LogP contribution in [0.5, 0.6) is 11.5 Å². The monoisotopic (exact) mass is 526 g/mol. The second-order valence-corrected chi connectivity index (χ2v) is 11.5. The quantitative estimate of drug-likeness (QED) is 0.365. The lowest BCUT2D eigenvalue weighted by atomic mass is 10.0. The number of carbonyl (C=O) groups is 1. The molecular weight excluding hydrogens is 496 g/mol. The van der Waals surface area contributed by atoms with E-state index in [-0.39, 0.29) is 36.5 Å². The molecule has 0 unspecified atom stereocenters. The van der Waals surface area contributed by atoms with Gasteiger partial charge in [-0.15, -0.1) is 17.9 Å². The highest BCUT2D eigenvalue weighted by atomic mass is 32.2. The van der Waals surface area contributed by atoms with Gasteiger partial charge in [0, 0.05) is 24.0 Å². The molecule has 9 heteroatoms. The summed E-state index contributed by atoms with van der Waals surface area (Å²) in [5.41, 5.74) is 2.00. The third-order valence-electron chi connectivity index (χ3n) is 6.17. The van der Waals surface area contributed by atoms with Crippen LogP contribution in [0.2, 0.25) is 0 Å². The number of aryl methyl sites for hydroxylation is 1. The minimum atomic E-state index is -3.87. The first-order chi connectivity index (χ1) is 17.3. The lowest BCUT2D eigenvalue weighted by Crippen LogP contribution is -2.47. The van der Waals surface area contributed by atoms with Gasteiger partial charge in [-0.1, -0.05) is 29.8 Å². The third-order valence-corrected chi connectivity index (χ3v) is 8.99. The SMILES string of the molecule is C=CCN(CC(=O)N1CCc2sccc2[C@@H]1COc1cccc(OC)c1)S(=O)(=O)c1ccc(C)cc1. The van der Waals surface area contributed by atoms with Gasteiger partial charge in [0.1, 0.15) is 18.1 Å². The molecule has 3 aromatic rings. The molecule has 0 radical (unpaired) electrons. The summed E-state index contributed by atoms with van der Waals surface area (Å²) in [5.74, 6) is 1.05. The number of hydrogen-bond donors (Lipinski definition) is 0. The zero-order valence-corrected chi connectivity index (χ0v) is 22.1. The van der Waals surface area contributed by atoms with Gasteiger partial charge in [-0.25, -0.2) is 8.42 Å². The summed E-state index contributed by atoms with van der Waals surface area (Å²) in [5, 5.41) is 2.02. The van der Waals surface area contributed by atoms with Gasteiger partial charge in [0.2, 0.25) is 15.9 Å². The molecule has 0 fully saturated rings. The predicted molar refractivity (Wildman–Crippen MR) is 141 cm³/mol. The van der Waals surface area contributed by atoms with Crippen LogP contribution in [0, 0.1) is 6.92 Å². The van der Waals surface area contributed by atoms with Crippen LogP contribution in [0.4, 0.5) is 0 Å². The molecule has 0 bridgehead atoms. The van der Waals surface area contributed by atoms with Crippen molar-refractivity contribution in [1.82, 2.24) is 9.21 Å². The van der Waals surface area contributed by atoms with E-state index in [1.807, 2.05) is 36.6 Å². The molecule has 0 N–H and O–H groups in total. The zero-order valence-electron chi connectivity index (χ0n) is 20.4. The Morgan fingerprint density at radius 1 is 1.19 bits per heavy atom. The van der Waals surface area contributed by atoms with Crippen molar-refractivity contribution in [2.45, 2.75) is 24.3 Å². The van der Waals surface area contributed by atoms with Crippen molar-refractivity contribution in [3.05, 3.63) is 88.6 Å². The number of fused-ring (bicyclic) bond motifs is 1. The van der Waals surface area contributed by atoms with Crippen LogP contribution in [-0.2, 0) is 21.2 Å². The number of ether oxygens (including phenoxy) is 2. The molecule has 2 heterocycles. The highest BCUT2D eigenvalue weighted by molar-refractivity contribution is 7.89. The van der Waals surface area contributed by atoms with E-state index in [9.17, 15) is 13.2 Å². The molecule has 0 saturated carbocycles. The fourth-order valence-corrected chi connectivity index (χ4v) is 6.52. The summed E-state index contributed by atoms with van der Waals surface area (Å²) < 4.78 is 39.2. The van der Waals surface area contributed by atoms with Gasteiger partial charge in [-0.05, 0) is 54.6 Å². The molecule has 7 nitrogen and oxygen atoms in total. The van der Waals surface area contributed by atoms with Crippen molar-refractivity contribution in [3.63, 3.8) is 0 Å². The van der Waals surface area contributed by atoms with Crippen LogP contribution in [0.3, 0.4) is 0 Å². The first-order valence-electron chi connectivity index (χ1n) is 11.6. The van der Waals surface area contributed by atoms with E-state index in [1.54, 1.807) is 53.7 Å². The molecule has 0 aliphatic carbocycles. The summed E-state index contributed by atoms with van der Waals surface area (Å²) in [6.07, 6.45) is 2.22. The number of carbonyl (C=O) groups excluding carboxylic acids is 1. The fourth-order valence-electron chi connectivity index (χ4n) is 4.23. The molecule has 1 amide bonds.